The number of rotatable bonds is 12. The zero-order valence-electron chi connectivity index (χ0n) is 34.8. The predicted molar refractivity (Wildman–Crippen MR) is 239 cm³/mol. The molecule has 0 radical (unpaired) electrons. The van der Waals surface area contributed by atoms with Crippen LogP contribution in [0, 0.1) is 6.54 Å². The molecule has 1 saturated heterocycles. The summed E-state index contributed by atoms with van der Waals surface area (Å²) in [5.74, 6) is 2.63. The van der Waals surface area contributed by atoms with Crippen LogP contribution < -0.4 is 14.4 Å². The van der Waals surface area contributed by atoms with E-state index in [1.54, 1.807) is 14.2 Å². The van der Waals surface area contributed by atoms with Crippen molar-refractivity contribution in [2.24, 2.45) is 0 Å². The summed E-state index contributed by atoms with van der Waals surface area (Å²) in [6.07, 6.45) is 3.32. The first kappa shape index (κ1) is 43.1. The Morgan fingerprint density at radius 2 is 1.28 bits per heavy atom. The van der Waals surface area contributed by atoms with E-state index in [-0.39, 0.29) is 11.0 Å². The molecule has 1 aliphatic carbocycles. The zero-order valence-corrected chi connectivity index (χ0v) is 38.1. The number of hydrogen-bond acceptors (Lipinski definition) is 4. The summed E-state index contributed by atoms with van der Waals surface area (Å²) >= 11 is -1.85. The third-order valence-corrected chi connectivity index (χ3v) is 13.3. The van der Waals surface area contributed by atoms with Crippen LogP contribution in [0.15, 0.2) is 115 Å². The first-order chi connectivity index (χ1) is 27.3. The molecule has 0 unspecified atom stereocenters. The molecular formula is C50H59Cl2N2O2Ru-. The maximum absolute atomic E-state index is 6.12. The molecule has 0 amide bonds. The van der Waals surface area contributed by atoms with Crippen LogP contribution in [-0.2, 0) is 45.0 Å². The van der Waals surface area contributed by atoms with E-state index in [2.05, 4.69) is 167 Å². The third-order valence-electron chi connectivity index (χ3n) is 11.5. The predicted octanol–water partition coefficient (Wildman–Crippen LogP) is 13.0. The Balaban J connectivity index is 0.000000196. The van der Waals surface area contributed by atoms with Gasteiger partial charge in [0.05, 0.1) is 14.2 Å². The van der Waals surface area contributed by atoms with Crippen LogP contribution in [-0.4, -0.2) is 29.3 Å². The second-order valence-electron chi connectivity index (χ2n) is 16.7. The van der Waals surface area contributed by atoms with Crippen molar-refractivity contribution in [2.75, 3.05) is 19.1 Å². The van der Waals surface area contributed by atoms with Gasteiger partial charge in [0, 0.05) is 11.2 Å². The summed E-state index contributed by atoms with van der Waals surface area (Å²) in [4.78, 5) is 5.07. The molecule has 7 heteroatoms. The van der Waals surface area contributed by atoms with E-state index in [9.17, 15) is 0 Å². The van der Waals surface area contributed by atoms with Gasteiger partial charge in [0.15, 0.2) is 11.5 Å². The number of hydrogen-bond donors (Lipinski definition) is 0. The number of aryl methyl sites for hydroxylation is 1. The molecule has 1 fully saturated rings. The van der Waals surface area contributed by atoms with Crippen molar-refractivity contribution < 1.29 is 23.0 Å². The average molecular weight is 892 g/mol. The van der Waals surface area contributed by atoms with E-state index >= 15 is 0 Å². The Hall–Kier alpha value is -3.47. The van der Waals surface area contributed by atoms with Crippen molar-refractivity contribution in [1.82, 2.24) is 4.90 Å². The van der Waals surface area contributed by atoms with Gasteiger partial charge in [-0.05, 0) is 67.3 Å². The SMILES string of the molecule is COc1cc2c(cc1OC)[C@@]1([CH-]N(c3c(C(C)C)cccc3C(C)C)C(C)(C)C1)CC2.[Cl][Ru]([Cl])=[CH]c1ccccc1CN(Cc1ccccc1)Cc1ccccc1. The molecule has 304 valence electrons. The van der Waals surface area contributed by atoms with Crippen LogP contribution in [0.4, 0.5) is 5.69 Å². The fraction of sp³-hybridized carbons (Fsp3) is 0.360. The molecule has 2 aliphatic rings. The van der Waals surface area contributed by atoms with E-state index in [0.717, 1.165) is 56.0 Å². The molecule has 7 rings (SSSR count). The third kappa shape index (κ3) is 10.2. The maximum atomic E-state index is 6.12. The molecule has 0 bridgehead atoms. The van der Waals surface area contributed by atoms with Gasteiger partial charge in [-0.3, -0.25) is 0 Å². The Labute approximate surface area is 355 Å². The molecule has 57 heavy (non-hydrogen) atoms. The fourth-order valence-corrected chi connectivity index (χ4v) is 10.7. The van der Waals surface area contributed by atoms with Crippen molar-refractivity contribution in [1.29, 1.82) is 0 Å². The summed E-state index contributed by atoms with van der Waals surface area (Å²) in [5.41, 5.74) is 12.2. The number of anilines is 1. The topological polar surface area (TPSA) is 24.9 Å². The summed E-state index contributed by atoms with van der Waals surface area (Å²) < 4.78 is 13.3. The Morgan fingerprint density at radius 3 is 1.82 bits per heavy atom. The van der Waals surface area contributed by atoms with Crippen molar-refractivity contribution in [3.05, 3.63) is 166 Å². The zero-order chi connectivity index (χ0) is 40.7. The van der Waals surface area contributed by atoms with E-state index in [1.165, 1.54) is 44.6 Å². The molecule has 1 heterocycles. The summed E-state index contributed by atoms with van der Waals surface area (Å²) in [5, 5.41) is 0. The van der Waals surface area contributed by atoms with Crippen LogP contribution in [0.3, 0.4) is 0 Å². The first-order valence-corrected chi connectivity index (χ1v) is 25.6. The molecule has 0 aromatic heterocycles. The molecule has 5 aromatic rings. The Morgan fingerprint density at radius 1 is 0.737 bits per heavy atom. The number of halogens is 2. The van der Waals surface area contributed by atoms with Crippen LogP contribution in [0.1, 0.15) is 111 Å². The van der Waals surface area contributed by atoms with E-state index in [1.807, 2.05) is 10.7 Å². The van der Waals surface area contributed by atoms with Crippen molar-refractivity contribution in [3.8, 4) is 11.5 Å². The summed E-state index contributed by atoms with van der Waals surface area (Å²) in [6, 6.07) is 40.9. The average Bonchev–Trinajstić information content (AvgIpc) is 3.68. The molecule has 0 N–H and O–H groups in total. The molecule has 1 aliphatic heterocycles. The Kier molecular flexibility index (Phi) is 14.4. The number of ether oxygens (including phenoxy) is 2. The van der Waals surface area contributed by atoms with Gasteiger partial charge in [-0.2, -0.15) is 0 Å². The number of benzene rings is 5. The number of methoxy groups -OCH3 is 2. The normalized spacial score (nSPS) is 17.1. The summed E-state index contributed by atoms with van der Waals surface area (Å²) in [7, 11) is 15.7. The van der Waals surface area contributed by atoms with E-state index in [4.69, 9.17) is 28.9 Å². The van der Waals surface area contributed by atoms with Gasteiger partial charge in [0.25, 0.3) is 0 Å². The van der Waals surface area contributed by atoms with E-state index in [0.29, 0.717) is 11.8 Å². The van der Waals surface area contributed by atoms with Crippen molar-refractivity contribution in [2.45, 2.75) is 103 Å². The standard InChI is InChI=1S/C28H38NO2.C22H21N.2ClH.Ru/c1-18(2)21-10-9-11-22(19(3)4)26(21)29-17-28(16-27(29,5)6)13-12-20-14-24(30-7)25(31-8)15-23(20)28;1-19-10-8-9-15-22(19)18-23(16-20-11-4-2-5-12-20)17-21-13-6-3-7-14-21;;;/h9-11,14-15,17-19H,12-13,16H2,1-8H3;1-15H,16-18H2;2*1H;/q-1;;;;+2/p-2/t28-;;;;/m0..../s1. The van der Waals surface area contributed by atoms with Crippen LogP contribution in [0.5, 0.6) is 11.5 Å². The van der Waals surface area contributed by atoms with Crippen LogP contribution in [0.2, 0.25) is 0 Å². The van der Waals surface area contributed by atoms with Gasteiger partial charge in [0.1, 0.15) is 0 Å². The molecule has 0 saturated carbocycles. The second-order valence-corrected chi connectivity index (χ2v) is 22.5. The summed E-state index contributed by atoms with van der Waals surface area (Å²) in [6.45, 7) is 19.2. The number of para-hydroxylation sites is 1. The van der Waals surface area contributed by atoms with Gasteiger partial charge in [-0.25, -0.2) is 6.54 Å². The second kappa shape index (κ2) is 19.1. The first-order valence-electron chi connectivity index (χ1n) is 20.1. The fourth-order valence-electron chi connectivity index (χ4n) is 8.84. The van der Waals surface area contributed by atoms with Gasteiger partial charge >= 0.3 is 169 Å². The monoisotopic (exact) mass is 891 g/mol. The van der Waals surface area contributed by atoms with Gasteiger partial charge < -0.3 is 14.4 Å². The molecule has 1 spiro atoms. The minimum absolute atomic E-state index is 0.0312. The van der Waals surface area contributed by atoms with Crippen LogP contribution >= 0.6 is 19.4 Å². The van der Waals surface area contributed by atoms with Crippen LogP contribution in [0.25, 0.3) is 0 Å². The van der Waals surface area contributed by atoms with Gasteiger partial charge in [-0.1, -0.05) is 57.9 Å². The number of fused-ring (bicyclic) bond motifs is 2. The number of nitrogens with zero attached hydrogens (tertiary/aromatic N) is 2. The quantitative estimate of drug-likeness (QED) is 0.0920. The van der Waals surface area contributed by atoms with Gasteiger partial charge in [0.2, 0.25) is 0 Å². The molecule has 5 aromatic carbocycles. The van der Waals surface area contributed by atoms with Gasteiger partial charge in [-0.15, -0.1) is 5.41 Å². The van der Waals surface area contributed by atoms with E-state index < -0.39 is 13.5 Å². The molecule has 1 atom stereocenters. The Bertz CT molecular complexity index is 2060. The van der Waals surface area contributed by atoms with Crippen molar-refractivity contribution in [3.63, 3.8) is 0 Å². The van der Waals surface area contributed by atoms with Crippen molar-refractivity contribution >= 4 is 29.7 Å². The molecular weight excluding hydrogens is 833 g/mol. The minimum atomic E-state index is -1.85. The molecule has 4 nitrogen and oxygen atoms in total.